The van der Waals surface area contributed by atoms with Crippen LogP contribution in [-0.4, -0.2) is 77.7 Å². The third kappa shape index (κ3) is 6.42. The summed E-state index contributed by atoms with van der Waals surface area (Å²) >= 11 is 0. The smallest absolute Gasteiger partial charge is 0.214 e. The van der Waals surface area contributed by atoms with E-state index in [0.29, 0.717) is 32.3 Å². The number of ether oxygens (including phenoxy) is 1. The molecule has 9 nitrogen and oxygen atoms in total. The molecular formula is C11H25ClN4O5S2. The Hall–Kier alpha value is -0.0100. The normalized spacial score (nSPS) is 26.4. The molecule has 3 heterocycles. The number of nitrogens with zero attached hydrogens (tertiary/aromatic N) is 1. The Morgan fingerprint density at radius 1 is 1.04 bits per heavy atom. The fraction of sp³-hybridized carbons (Fsp3) is 1.00. The minimum absolute atomic E-state index is 0. The molecule has 3 fully saturated rings. The SMILES string of the molecule is Cl.NS(=O)(=O)C1CN(CC2CCCO2)C1.NS(=O)(=O)C1CNC1. The zero-order valence-corrected chi connectivity index (χ0v) is 15.2. The average molecular weight is 393 g/mol. The van der Waals surface area contributed by atoms with Crippen molar-refractivity contribution in [3.8, 4) is 0 Å². The van der Waals surface area contributed by atoms with Crippen molar-refractivity contribution in [2.45, 2.75) is 29.4 Å². The van der Waals surface area contributed by atoms with E-state index >= 15 is 0 Å². The number of sulfonamides is 2. The molecule has 0 spiro atoms. The second kappa shape index (κ2) is 8.39. The fourth-order valence-corrected chi connectivity index (χ4v) is 3.99. The van der Waals surface area contributed by atoms with Gasteiger partial charge in [0.15, 0.2) is 0 Å². The number of likely N-dealkylation sites (tertiary alicyclic amines) is 1. The Bertz CT molecular complexity index is 569. The van der Waals surface area contributed by atoms with Crippen molar-refractivity contribution in [2.75, 3.05) is 39.3 Å². The molecule has 1 unspecified atom stereocenters. The van der Waals surface area contributed by atoms with Gasteiger partial charge in [-0.2, -0.15) is 0 Å². The summed E-state index contributed by atoms with van der Waals surface area (Å²) in [6.45, 7) is 3.86. The van der Waals surface area contributed by atoms with E-state index in [-0.39, 0.29) is 22.9 Å². The lowest BCUT2D eigenvalue weighted by atomic mass is 10.1. The van der Waals surface area contributed by atoms with Crippen LogP contribution < -0.4 is 15.6 Å². The topological polar surface area (TPSA) is 145 Å². The van der Waals surface area contributed by atoms with Gasteiger partial charge in [-0.05, 0) is 12.8 Å². The van der Waals surface area contributed by atoms with E-state index in [1.807, 2.05) is 0 Å². The summed E-state index contributed by atoms with van der Waals surface area (Å²) in [5.41, 5.74) is 0. The Kier molecular flexibility index (Phi) is 7.67. The number of hydrogen-bond donors (Lipinski definition) is 3. The van der Waals surface area contributed by atoms with Gasteiger partial charge >= 0.3 is 0 Å². The van der Waals surface area contributed by atoms with Gasteiger partial charge in [-0.3, -0.25) is 4.90 Å². The van der Waals surface area contributed by atoms with Crippen molar-refractivity contribution in [2.24, 2.45) is 10.3 Å². The molecule has 3 saturated heterocycles. The summed E-state index contributed by atoms with van der Waals surface area (Å²) in [6.07, 6.45) is 2.52. The standard InChI is InChI=1S/C8H16N2O3S.C3H8N2O2S.ClH/c9-14(11,12)8-5-10(6-8)4-7-2-1-3-13-7;4-8(6,7)3-1-5-2-3;/h7-8H,1-6H2,(H2,9,11,12);3,5H,1-2H2,(H2,4,6,7);1H. The highest BCUT2D eigenvalue weighted by Crippen LogP contribution is 2.19. The summed E-state index contributed by atoms with van der Waals surface area (Å²) < 4.78 is 48.0. The highest BCUT2D eigenvalue weighted by molar-refractivity contribution is 7.90. The molecule has 0 aliphatic carbocycles. The highest BCUT2D eigenvalue weighted by atomic mass is 35.5. The van der Waals surface area contributed by atoms with Crippen LogP contribution in [0.25, 0.3) is 0 Å². The van der Waals surface area contributed by atoms with E-state index in [9.17, 15) is 16.8 Å². The molecular weight excluding hydrogens is 368 g/mol. The number of primary sulfonamides is 2. The molecule has 0 radical (unpaired) electrons. The Balaban J connectivity index is 0.000000253. The third-order valence-electron chi connectivity index (χ3n) is 4.08. The first-order chi connectivity index (χ1) is 10.2. The lowest BCUT2D eigenvalue weighted by Gasteiger charge is -2.38. The predicted molar refractivity (Wildman–Crippen MR) is 89.3 cm³/mol. The molecule has 1 atom stereocenters. The maximum Gasteiger partial charge on any atom is 0.214 e. The minimum atomic E-state index is -3.32. The third-order valence-corrected chi connectivity index (χ3v) is 6.57. The largest absolute Gasteiger partial charge is 0.377 e. The van der Waals surface area contributed by atoms with Crippen LogP contribution in [0, 0.1) is 0 Å². The highest BCUT2D eigenvalue weighted by Gasteiger charge is 2.36. The van der Waals surface area contributed by atoms with Crippen molar-refractivity contribution < 1.29 is 21.6 Å². The van der Waals surface area contributed by atoms with Gasteiger partial charge < -0.3 is 10.1 Å². The van der Waals surface area contributed by atoms with Gasteiger partial charge in [-0.15, -0.1) is 12.4 Å². The lowest BCUT2D eigenvalue weighted by molar-refractivity contribution is 0.0530. The van der Waals surface area contributed by atoms with E-state index in [4.69, 9.17) is 15.0 Å². The van der Waals surface area contributed by atoms with Gasteiger partial charge in [-0.25, -0.2) is 27.1 Å². The van der Waals surface area contributed by atoms with E-state index in [2.05, 4.69) is 10.2 Å². The maximum absolute atomic E-state index is 10.9. The minimum Gasteiger partial charge on any atom is -0.377 e. The Labute approximate surface area is 143 Å². The Morgan fingerprint density at radius 2 is 1.61 bits per heavy atom. The van der Waals surface area contributed by atoms with Crippen molar-refractivity contribution >= 4 is 32.5 Å². The van der Waals surface area contributed by atoms with Gasteiger partial charge in [0, 0.05) is 39.3 Å². The van der Waals surface area contributed by atoms with E-state index in [0.717, 1.165) is 26.0 Å². The van der Waals surface area contributed by atoms with Crippen molar-refractivity contribution in [1.82, 2.24) is 10.2 Å². The monoisotopic (exact) mass is 392 g/mol. The van der Waals surface area contributed by atoms with Crippen LogP contribution in [0.15, 0.2) is 0 Å². The van der Waals surface area contributed by atoms with Crippen LogP contribution in [0.2, 0.25) is 0 Å². The summed E-state index contributed by atoms with van der Waals surface area (Å²) in [5.74, 6) is 0. The second-order valence-electron chi connectivity index (χ2n) is 5.93. The molecule has 5 N–H and O–H groups in total. The summed E-state index contributed by atoms with van der Waals surface area (Å²) in [7, 11) is -6.54. The zero-order chi connectivity index (χ0) is 16.4. The van der Waals surface area contributed by atoms with Gasteiger partial charge in [-0.1, -0.05) is 0 Å². The molecule has 0 bridgehead atoms. The molecule has 3 aliphatic rings. The molecule has 0 amide bonds. The molecule has 0 aromatic carbocycles. The van der Waals surface area contributed by atoms with Crippen LogP contribution >= 0.6 is 12.4 Å². The summed E-state index contributed by atoms with van der Waals surface area (Å²) in [6, 6.07) is 0. The first-order valence-electron chi connectivity index (χ1n) is 7.24. The first-order valence-corrected chi connectivity index (χ1v) is 10.5. The van der Waals surface area contributed by atoms with Crippen LogP contribution in [-0.2, 0) is 24.8 Å². The zero-order valence-electron chi connectivity index (χ0n) is 12.8. The van der Waals surface area contributed by atoms with Gasteiger partial charge in [0.1, 0.15) is 5.25 Å². The molecule has 138 valence electrons. The summed E-state index contributed by atoms with van der Waals surface area (Å²) in [4.78, 5) is 2.09. The molecule has 0 aromatic rings. The lowest BCUT2D eigenvalue weighted by Crippen LogP contribution is -2.58. The van der Waals surface area contributed by atoms with Gasteiger partial charge in [0.25, 0.3) is 0 Å². The van der Waals surface area contributed by atoms with E-state index in [1.165, 1.54) is 0 Å². The molecule has 0 saturated carbocycles. The van der Waals surface area contributed by atoms with Crippen LogP contribution in [0.5, 0.6) is 0 Å². The molecule has 12 heteroatoms. The maximum atomic E-state index is 10.9. The van der Waals surface area contributed by atoms with E-state index < -0.39 is 20.0 Å². The Morgan fingerprint density at radius 3 is 1.91 bits per heavy atom. The number of hydrogen-bond acceptors (Lipinski definition) is 7. The van der Waals surface area contributed by atoms with E-state index in [1.54, 1.807) is 0 Å². The fourth-order valence-electron chi connectivity index (χ4n) is 2.45. The van der Waals surface area contributed by atoms with Gasteiger partial charge in [0.05, 0.1) is 11.4 Å². The van der Waals surface area contributed by atoms with Crippen molar-refractivity contribution in [3.05, 3.63) is 0 Å². The number of nitrogens with two attached hydrogens (primary N) is 2. The molecule has 3 aliphatic heterocycles. The number of rotatable bonds is 4. The second-order valence-corrected chi connectivity index (χ2v) is 9.62. The first kappa shape index (κ1) is 21.0. The predicted octanol–water partition coefficient (Wildman–Crippen LogP) is -2.19. The molecule has 3 rings (SSSR count). The van der Waals surface area contributed by atoms with Crippen molar-refractivity contribution in [3.63, 3.8) is 0 Å². The number of halogens is 1. The molecule has 0 aromatic heterocycles. The molecule has 23 heavy (non-hydrogen) atoms. The van der Waals surface area contributed by atoms with Crippen LogP contribution in [0.3, 0.4) is 0 Å². The van der Waals surface area contributed by atoms with Crippen molar-refractivity contribution in [1.29, 1.82) is 0 Å². The van der Waals surface area contributed by atoms with Crippen LogP contribution in [0.1, 0.15) is 12.8 Å². The van der Waals surface area contributed by atoms with Gasteiger partial charge in [0.2, 0.25) is 20.0 Å². The summed E-state index contributed by atoms with van der Waals surface area (Å²) in [5, 5.41) is 11.9. The average Bonchev–Trinajstić information content (AvgIpc) is 2.68. The van der Waals surface area contributed by atoms with Crippen LogP contribution in [0.4, 0.5) is 0 Å². The number of nitrogens with one attached hydrogen (secondary N) is 1. The quantitative estimate of drug-likeness (QED) is 0.492.